The number of rotatable bonds is 8. The maximum Gasteiger partial charge on any atom is 0.295 e. The molecule has 1 heterocycles. The van der Waals surface area contributed by atoms with Crippen molar-refractivity contribution in [2.75, 3.05) is 5.32 Å². The Hall–Kier alpha value is -3.66. The zero-order valence-corrected chi connectivity index (χ0v) is 21.3. The molecule has 0 fully saturated rings. The van der Waals surface area contributed by atoms with E-state index in [9.17, 15) is 18.0 Å². The smallest absolute Gasteiger partial charge is 0.295 e. The van der Waals surface area contributed by atoms with Crippen molar-refractivity contribution in [2.24, 2.45) is 7.05 Å². The monoisotopic (exact) mass is 524 g/mol. The number of halogens is 1. The van der Waals surface area contributed by atoms with E-state index in [1.807, 2.05) is 18.2 Å². The Morgan fingerprint density at radius 1 is 0.944 bits per heavy atom. The first-order valence-electron chi connectivity index (χ1n) is 11.1. The molecular formula is C26H25ClN4O4S. The van der Waals surface area contributed by atoms with E-state index in [-0.39, 0.29) is 22.6 Å². The second-order valence-electron chi connectivity index (χ2n) is 8.23. The van der Waals surface area contributed by atoms with E-state index in [1.165, 1.54) is 28.9 Å². The molecule has 1 atom stereocenters. The fraction of sp³-hybridized carbons (Fsp3) is 0.154. The van der Waals surface area contributed by atoms with Gasteiger partial charge in [-0.05, 0) is 48.9 Å². The third kappa shape index (κ3) is 5.43. The number of sulfonamides is 1. The van der Waals surface area contributed by atoms with Gasteiger partial charge in [0.25, 0.3) is 5.56 Å². The molecule has 0 bridgehead atoms. The zero-order valence-electron chi connectivity index (χ0n) is 19.7. The van der Waals surface area contributed by atoms with Gasteiger partial charge in [-0.2, -0.15) is 0 Å². The van der Waals surface area contributed by atoms with Gasteiger partial charge in [-0.3, -0.25) is 14.3 Å². The maximum absolute atomic E-state index is 13.1. The number of carbonyl (C=O) groups is 1. The van der Waals surface area contributed by atoms with Gasteiger partial charge in [0, 0.05) is 18.5 Å². The molecule has 0 radical (unpaired) electrons. The normalized spacial score (nSPS) is 12.3. The van der Waals surface area contributed by atoms with Gasteiger partial charge in [0.1, 0.15) is 5.69 Å². The van der Waals surface area contributed by atoms with Crippen LogP contribution in [0.4, 0.5) is 5.69 Å². The number of amides is 1. The minimum absolute atomic E-state index is 0.0258. The summed E-state index contributed by atoms with van der Waals surface area (Å²) in [5, 5.41) is 3.11. The number of hydrogen-bond acceptors (Lipinski definition) is 4. The Balaban J connectivity index is 1.61. The molecule has 2 N–H and O–H groups in total. The highest BCUT2D eigenvalue weighted by atomic mass is 35.5. The summed E-state index contributed by atoms with van der Waals surface area (Å²) in [4.78, 5) is 26.3. The Morgan fingerprint density at radius 2 is 1.53 bits per heavy atom. The molecule has 3 aromatic carbocycles. The number of para-hydroxylation sites is 1. The van der Waals surface area contributed by atoms with Crippen LogP contribution in [0.15, 0.2) is 94.6 Å². The van der Waals surface area contributed by atoms with Crippen molar-refractivity contribution in [3.63, 3.8) is 0 Å². The van der Waals surface area contributed by atoms with Crippen LogP contribution in [0.3, 0.4) is 0 Å². The molecule has 0 aliphatic heterocycles. The van der Waals surface area contributed by atoms with Crippen molar-refractivity contribution >= 4 is 33.2 Å². The van der Waals surface area contributed by atoms with Crippen molar-refractivity contribution < 1.29 is 13.2 Å². The van der Waals surface area contributed by atoms with Gasteiger partial charge in [-0.25, -0.2) is 17.8 Å². The molecule has 0 aliphatic rings. The number of benzene rings is 3. The van der Waals surface area contributed by atoms with Crippen LogP contribution in [0.5, 0.6) is 0 Å². The molecule has 36 heavy (non-hydrogen) atoms. The fourth-order valence-corrected chi connectivity index (χ4v) is 5.22. The highest BCUT2D eigenvalue weighted by molar-refractivity contribution is 7.89. The molecule has 4 rings (SSSR count). The standard InChI is InChI=1S/C26H25ClN4O4S/c1-18-25(26(33)31(30(18)2)21-11-7-4-8-12-21)28-24(32)17-23(19-9-5-3-6-10-19)29-36(34,35)22-15-13-20(27)14-16-22/h3-16,23,29H,17H2,1-2H3,(H,28,32). The van der Waals surface area contributed by atoms with Gasteiger partial charge in [-0.15, -0.1) is 0 Å². The number of anilines is 1. The predicted molar refractivity (Wildman–Crippen MR) is 140 cm³/mol. The van der Waals surface area contributed by atoms with Crippen LogP contribution < -0.4 is 15.6 Å². The lowest BCUT2D eigenvalue weighted by Crippen LogP contribution is -2.32. The van der Waals surface area contributed by atoms with Crippen LogP contribution in [0.2, 0.25) is 5.02 Å². The van der Waals surface area contributed by atoms with Crippen LogP contribution >= 0.6 is 11.6 Å². The fourth-order valence-electron chi connectivity index (χ4n) is 3.87. The van der Waals surface area contributed by atoms with Crippen LogP contribution in [-0.2, 0) is 21.9 Å². The Bertz CT molecular complexity index is 1530. The van der Waals surface area contributed by atoms with Crippen LogP contribution in [-0.4, -0.2) is 23.7 Å². The van der Waals surface area contributed by atoms with E-state index in [2.05, 4.69) is 10.0 Å². The first-order valence-corrected chi connectivity index (χ1v) is 13.0. The summed E-state index contributed by atoms with van der Waals surface area (Å²) in [7, 11) is -2.23. The summed E-state index contributed by atoms with van der Waals surface area (Å²) >= 11 is 5.89. The molecule has 1 aromatic heterocycles. The van der Waals surface area contributed by atoms with E-state index >= 15 is 0 Å². The van der Waals surface area contributed by atoms with Crippen molar-refractivity contribution in [2.45, 2.75) is 24.3 Å². The van der Waals surface area contributed by atoms with Gasteiger partial charge in [-0.1, -0.05) is 60.1 Å². The first kappa shape index (κ1) is 25.4. The van der Waals surface area contributed by atoms with Crippen LogP contribution in [0.25, 0.3) is 5.69 Å². The number of carbonyl (C=O) groups excluding carboxylic acids is 1. The summed E-state index contributed by atoms with van der Waals surface area (Å²) in [6, 6.07) is 22.8. The average Bonchev–Trinajstić information content (AvgIpc) is 3.07. The van der Waals surface area contributed by atoms with E-state index in [0.717, 1.165) is 0 Å². The summed E-state index contributed by atoms with van der Waals surface area (Å²) < 4.78 is 31.8. The van der Waals surface area contributed by atoms with Gasteiger partial charge >= 0.3 is 0 Å². The summed E-state index contributed by atoms with van der Waals surface area (Å²) in [5.41, 5.74) is 1.59. The minimum atomic E-state index is -3.96. The number of aromatic nitrogens is 2. The number of nitrogens with zero attached hydrogens (tertiary/aromatic N) is 2. The molecule has 4 aromatic rings. The van der Waals surface area contributed by atoms with Gasteiger partial charge < -0.3 is 5.32 Å². The second kappa shape index (κ2) is 10.5. The van der Waals surface area contributed by atoms with E-state index in [1.54, 1.807) is 61.1 Å². The zero-order chi connectivity index (χ0) is 25.9. The lowest BCUT2D eigenvalue weighted by atomic mass is 10.0. The topological polar surface area (TPSA) is 102 Å². The predicted octanol–water partition coefficient (Wildman–Crippen LogP) is 4.19. The molecule has 0 saturated heterocycles. The SMILES string of the molecule is Cc1c(NC(=O)CC(NS(=O)(=O)c2ccc(Cl)cc2)c2ccccc2)c(=O)n(-c2ccccc2)n1C. The quantitative estimate of drug-likeness (QED) is 0.361. The van der Waals surface area contributed by atoms with Crippen molar-refractivity contribution in [3.05, 3.63) is 112 Å². The van der Waals surface area contributed by atoms with Crippen LogP contribution in [0, 0.1) is 6.92 Å². The molecule has 186 valence electrons. The summed E-state index contributed by atoms with van der Waals surface area (Å²) in [6.45, 7) is 1.73. The Labute approximate surface area is 214 Å². The van der Waals surface area contributed by atoms with Gasteiger partial charge in [0.2, 0.25) is 15.9 Å². The Kier molecular flexibility index (Phi) is 7.44. The molecule has 1 amide bonds. The summed E-state index contributed by atoms with van der Waals surface area (Å²) in [5.74, 6) is -0.506. The lowest BCUT2D eigenvalue weighted by Gasteiger charge is -2.19. The maximum atomic E-state index is 13.1. The minimum Gasteiger partial charge on any atom is -0.320 e. The van der Waals surface area contributed by atoms with E-state index in [0.29, 0.717) is 22.0 Å². The van der Waals surface area contributed by atoms with Crippen LogP contribution in [0.1, 0.15) is 23.7 Å². The van der Waals surface area contributed by atoms with E-state index in [4.69, 9.17) is 11.6 Å². The highest BCUT2D eigenvalue weighted by Gasteiger charge is 2.25. The summed E-state index contributed by atoms with van der Waals surface area (Å²) in [6.07, 6.45) is -0.226. The van der Waals surface area contributed by atoms with Crippen molar-refractivity contribution in [1.82, 2.24) is 14.1 Å². The Morgan fingerprint density at radius 3 is 2.14 bits per heavy atom. The van der Waals surface area contributed by atoms with Crippen molar-refractivity contribution in [3.8, 4) is 5.69 Å². The molecule has 1 unspecified atom stereocenters. The third-order valence-corrected chi connectivity index (χ3v) is 7.57. The lowest BCUT2D eigenvalue weighted by molar-refractivity contribution is -0.116. The average molecular weight is 525 g/mol. The molecule has 0 saturated carbocycles. The third-order valence-electron chi connectivity index (χ3n) is 5.83. The van der Waals surface area contributed by atoms with Crippen molar-refractivity contribution in [1.29, 1.82) is 0 Å². The highest BCUT2D eigenvalue weighted by Crippen LogP contribution is 2.23. The van der Waals surface area contributed by atoms with Gasteiger partial charge in [0.05, 0.1) is 22.3 Å². The molecule has 0 aliphatic carbocycles. The largest absolute Gasteiger partial charge is 0.320 e. The molecule has 0 spiro atoms. The number of hydrogen-bond donors (Lipinski definition) is 2. The molecular weight excluding hydrogens is 500 g/mol. The second-order valence-corrected chi connectivity index (χ2v) is 10.4. The molecule has 8 nitrogen and oxygen atoms in total. The number of nitrogens with one attached hydrogen (secondary N) is 2. The molecule has 10 heteroatoms. The first-order chi connectivity index (χ1) is 17.2. The van der Waals surface area contributed by atoms with Gasteiger partial charge in [0.15, 0.2) is 0 Å². The van der Waals surface area contributed by atoms with E-state index < -0.39 is 22.0 Å².